The van der Waals surface area contributed by atoms with E-state index < -0.39 is 0 Å². The first kappa shape index (κ1) is 14.1. The van der Waals surface area contributed by atoms with Gasteiger partial charge in [-0.05, 0) is 49.9 Å². The Kier molecular flexibility index (Phi) is 4.20. The molecule has 5 heteroatoms. The Morgan fingerprint density at radius 3 is 2.33 bits per heavy atom. The number of nitrogens with zero attached hydrogens (tertiary/aromatic N) is 4. The van der Waals surface area contributed by atoms with E-state index in [-0.39, 0.29) is 0 Å². The van der Waals surface area contributed by atoms with Gasteiger partial charge in [0, 0.05) is 25.3 Å². The second kappa shape index (κ2) is 6.26. The van der Waals surface area contributed by atoms with Gasteiger partial charge in [-0.15, -0.1) is 5.10 Å². The van der Waals surface area contributed by atoms with Crippen LogP contribution in [0.1, 0.15) is 37.6 Å². The lowest BCUT2D eigenvalue weighted by Gasteiger charge is -2.28. The van der Waals surface area contributed by atoms with Crippen LogP contribution in [0, 0.1) is 0 Å². The number of aromatic nitrogens is 3. The van der Waals surface area contributed by atoms with Gasteiger partial charge < -0.3 is 10.6 Å². The average Bonchev–Trinajstić information content (AvgIpc) is 2.99. The number of rotatable bonds is 4. The van der Waals surface area contributed by atoms with Gasteiger partial charge in [0.05, 0.1) is 17.1 Å². The Balaban J connectivity index is 1.85. The highest BCUT2D eigenvalue weighted by Crippen LogP contribution is 2.22. The maximum absolute atomic E-state index is 5.72. The Bertz CT molecular complexity index is 581. The van der Waals surface area contributed by atoms with E-state index in [0.29, 0.717) is 6.54 Å². The summed E-state index contributed by atoms with van der Waals surface area (Å²) in [6, 6.07) is 8.62. The van der Waals surface area contributed by atoms with Crippen molar-refractivity contribution in [3.63, 3.8) is 0 Å². The lowest BCUT2D eigenvalue weighted by Crippen LogP contribution is -2.29. The fraction of sp³-hybridized carbons (Fsp3) is 0.500. The van der Waals surface area contributed by atoms with Crippen molar-refractivity contribution < 1.29 is 0 Å². The second-order valence-electron chi connectivity index (χ2n) is 5.52. The molecular weight excluding hydrogens is 262 g/mol. The molecule has 1 aromatic heterocycles. The lowest BCUT2D eigenvalue weighted by molar-refractivity contribution is 0.578. The number of hydrogen-bond donors (Lipinski definition) is 1. The van der Waals surface area contributed by atoms with Gasteiger partial charge in [0.1, 0.15) is 0 Å². The Labute approximate surface area is 125 Å². The van der Waals surface area contributed by atoms with Crippen LogP contribution in [-0.2, 0) is 13.0 Å². The van der Waals surface area contributed by atoms with Gasteiger partial charge >= 0.3 is 0 Å². The molecule has 0 amide bonds. The number of anilines is 1. The van der Waals surface area contributed by atoms with Crippen LogP contribution in [0.15, 0.2) is 24.3 Å². The minimum absolute atomic E-state index is 0.440. The van der Waals surface area contributed by atoms with Gasteiger partial charge in [-0.3, -0.25) is 0 Å². The summed E-state index contributed by atoms with van der Waals surface area (Å²) in [7, 11) is 0. The number of benzene rings is 1. The van der Waals surface area contributed by atoms with Gasteiger partial charge in [-0.1, -0.05) is 12.1 Å². The monoisotopic (exact) mass is 285 g/mol. The van der Waals surface area contributed by atoms with E-state index in [1.165, 1.54) is 38.0 Å². The first-order valence-electron chi connectivity index (χ1n) is 7.82. The average molecular weight is 285 g/mol. The smallest absolute Gasteiger partial charge is 0.0999 e. The molecule has 0 bridgehead atoms. The highest BCUT2D eigenvalue weighted by atomic mass is 15.4. The van der Waals surface area contributed by atoms with Crippen LogP contribution in [0.5, 0.6) is 0 Å². The molecule has 1 aliphatic rings. The topological polar surface area (TPSA) is 60.0 Å². The minimum atomic E-state index is 0.440. The maximum atomic E-state index is 5.72. The third-order valence-corrected chi connectivity index (χ3v) is 4.19. The van der Waals surface area contributed by atoms with Gasteiger partial charge in [0.2, 0.25) is 0 Å². The third kappa shape index (κ3) is 2.78. The largest absolute Gasteiger partial charge is 0.372 e. The first-order chi connectivity index (χ1) is 10.3. The van der Waals surface area contributed by atoms with Crippen LogP contribution < -0.4 is 10.6 Å². The van der Waals surface area contributed by atoms with E-state index in [1.54, 1.807) is 0 Å². The molecule has 1 fully saturated rings. The first-order valence-corrected chi connectivity index (χ1v) is 7.82. The second-order valence-corrected chi connectivity index (χ2v) is 5.52. The summed E-state index contributed by atoms with van der Waals surface area (Å²) in [5.74, 6) is 0. The highest BCUT2D eigenvalue weighted by molar-refractivity contribution is 5.51. The van der Waals surface area contributed by atoms with Crippen LogP contribution in [0.2, 0.25) is 0 Å². The highest BCUT2D eigenvalue weighted by Gasteiger charge is 2.13. The van der Waals surface area contributed by atoms with E-state index in [0.717, 1.165) is 23.5 Å². The normalized spacial score (nSPS) is 15.4. The molecule has 2 N–H and O–H groups in total. The molecule has 1 aliphatic heterocycles. The van der Waals surface area contributed by atoms with Crippen LogP contribution in [-0.4, -0.2) is 28.1 Å². The predicted molar refractivity (Wildman–Crippen MR) is 84.7 cm³/mol. The molecule has 5 nitrogen and oxygen atoms in total. The van der Waals surface area contributed by atoms with Gasteiger partial charge in [-0.25, -0.2) is 4.68 Å². The van der Waals surface area contributed by atoms with Crippen LogP contribution in [0.25, 0.3) is 5.69 Å². The van der Waals surface area contributed by atoms with Crippen molar-refractivity contribution >= 4 is 5.69 Å². The standard InChI is InChI=1S/C16H23N5/c1-2-16-15(12-17)18-19-21(16)14-8-6-13(7-9-14)20-10-4-3-5-11-20/h6-9H,2-5,10-12,17H2,1H3. The van der Waals surface area contributed by atoms with Crippen LogP contribution in [0.4, 0.5) is 5.69 Å². The number of nitrogens with two attached hydrogens (primary N) is 1. The fourth-order valence-electron chi connectivity index (χ4n) is 3.01. The van der Waals surface area contributed by atoms with E-state index in [4.69, 9.17) is 5.73 Å². The zero-order chi connectivity index (χ0) is 14.7. The van der Waals surface area contributed by atoms with Gasteiger partial charge in [0.25, 0.3) is 0 Å². The molecule has 2 aromatic rings. The molecule has 0 saturated carbocycles. The Morgan fingerprint density at radius 1 is 1.05 bits per heavy atom. The predicted octanol–water partition coefficient (Wildman–Crippen LogP) is 2.28. The molecular formula is C16H23N5. The zero-order valence-corrected chi connectivity index (χ0v) is 12.6. The van der Waals surface area contributed by atoms with Crippen molar-refractivity contribution in [2.75, 3.05) is 18.0 Å². The van der Waals surface area contributed by atoms with Crippen LogP contribution in [0.3, 0.4) is 0 Å². The van der Waals surface area contributed by atoms with Gasteiger partial charge in [-0.2, -0.15) is 0 Å². The summed E-state index contributed by atoms with van der Waals surface area (Å²) in [6.07, 6.45) is 4.83. The Hall–Kier alpha value is -1.88. The lowest BCUT2D eigenvalue weighted by atomic mass is 10.1. The summed E-state index contributed by atoms with van der Waals surface area (Å²) in [6.45, 7) is 4.88. The Morgan fingerprint density at radius 2 is 1.71 bits per heavy atom. The van der Waals surface area contributed by atoms with E-state index in [2.05, 4.69) is 46.4 Å². The SMILES string of the molecule is CCc1c(CN)nnn1-c1ccc(N2CCCCC2)cc1. The molecule has 0 unspecified atom stereocenters. The molecule has 21 heavy (non-hydrogen) atoms. The molecule has 0 spiro atoms. The number of piperidine rings is 1. The van der Waals surface area contributed by atoms with E-state index in [9.17, 15) is 0 Å². The summed E-state index contributed by atoms with van der Waals surface area (Å²) in [5, 5.41) is 8.41. The summed E-state index contributed by atoms with van der Waals surface area (Å²) < 4.78 is 1.90. The van der Waals surface area contributed by atoms with Crippen molar-refractivity contribution in [2.24, 2.45) is 5.73 Å². The van der Waals surface area contributed by atoms with Gasteiger partial charge in [0.15, 0.2) is 0 Å². The summed E-state index contributed by atoms with van der Waals surface area (Å²) in [5.41, 5.74) is 10.1. The summed E-state index contributed by atoms with van der Waals surface area (Å²) in [4.78, 5) is 2.46. The van der Waals surface area contributed by atoms with Crippen molar-refractivity contribution in [2.45, 2.75) is 39.2 Å². The number of hydrogen-bond acceptors (Lipinski definition) is 4. The minimum Gasteiger partial charge on any atom is -0.372 e. The zero-order valence-electron chi connectivity index (χ0n) is 12.6. The molecule has 2 heterocycles. The molecule has 0 radical (unpaired) electrons. The molecule has 1 saturated heterocycles. The fourth-order valence-corrected chi connectivity index (χ4v) is 3.01. The maximum Gasteiger partial charge on any atom is 0.0999 e. The molecule has 1 aromatic carbocycles. The molecule has 0 aliphatic carbocycles. The molecule has 0 atom stereocenters. The van der Waals surface area contributed by atoms with Crippen molar-refractivity contribution in [1.82, 2.24) is 15.0 Å². The molecule has 112 valence electrons. The van der Waals surface area contributed by atoms with Crippen molar-refractivity contribution in [3.05, 3.63) is 35.7 Å². The quantitative estimate of drug-likeness (QED) is 0.936. The van der Waals surface area contributed by atoms with Crippen LogP contribution >= 0.6 is 0 Å². The van der Waals surface area contributed by atoms with Crippen molar-refractivity contribution in [1.29, 1.82) is 0 Å². The van der Waals surface area contributed by atoms with E-state index >= 15 is 0 Å². The third-order valence-electron chi connectivity index (χ3n) is 4.19. The van der Waals surface area contributed by atoms with Crippen molar-refractivity contribution in [3.8, 4) is 5.69 Å². The molecule has 3 rings (SSSR count). The summed E-state index contributed by atoms with van der Waals surface area (Å²) >= 11 is 0. The van der Waals surface area contributed by atoms with E-state index in [1.807, 2.05) is 4.68 Å².